The van der Waals surface area contributed by atoms with Crippen molar-refractivity contribution in [3.05, 3.63) is 35.9 Å². The first-order valence-corrected chi connectivity index (χ1v) is 8.40. The molecular weight excluding hydrogens is 258 g/mol. The second kappa shape index (κ2) is 6.47. The lowest BCUT2D eigenvalue weighted by atomic mass is 9.66. The van der Waals surface area contributed by atoms with Gasteiger partial charge in [0.2, 0.25) is 0 Å². The van der Waals surface area contributed by atoms with Crippen molar-refractivity contribution in [3.8, 4) is 0 Å². The van der Waals surface area contributed by atoms with Gasteiger partial charge >= 0.3 is 0 Å². The summed E-state index contributed by atoms with van der Waals surface area (Å²) in [5.41, 5.74) is 7.95. The molecule has 1 unspecified atom stereocenters. The van der Waals surface area contributed by atoms with E-state index in [9.17, 15) is 0 Å². The number of likely N-dealkylation sites (N-methyl/N-ethyl adjacent to an activating group) is 1. The second-order valence-corrected chi connectivity index (χ2v) is 7.03. The highest BCUT2D eigenvalue weighted by Gasteiger charge is 2.36. The Hall–Kier alpha value is -0.900. The van der Waals surface area contributed by atoms with E-state index in [4.69, 9.17) is 5.73 Å². The third kappa shape index (κ3) is 3.31. The Morgan fingerprint density at radius 1 is 1.19 bits per heavy atom. The lowest BCUT2D eigenvalue weighted by molar-refractivity contribution is 0.0530. The first-order chi connectivity index (χ1) is 10.2. The molecule has 21 heavy (non-hydrogen) atoms. The fraction of sp³-hybridized carbons (Fsp3) is 0.667. The molecule has 1 heterocycles. The molecule has 2 fully saturated rings. The standard InChI is InChI=1S/C18H29N3/c1-20-12-13-21(11-10-18(15-19)8-5-9-18)17(14-20)16-6-3-2-4-7-16/h2-4,6-7,17H,5,8-15,19H2,1H3. The zero-order valence-corrected chi connectivity index (χ0v) is 13.3. The van der Waals surface area contributed by atoms with Crippen molar-refractivity contribution in [1.82, 2.24) is 9.80 Å². The molecule has 0 spiro atoms. The third-order valence-corrected chi connectivity index (χ3v) is 5.66. The summed E-state index contributed by atoms with van der Waals surface area (Å²) in [4.78, 5) is 5.14. The number of rotatable bonds is 5. The number of piperazine rings is 1. The van der Waals surface area contributed by atoms with Crippen molar-refractivity contribution in [2.75, 3.05) is 39.8 Å². The van der Waals surface area contributed by atoms with Crippen LogP contribution in [0.3, 0.4) is 0 Å². The van der Waals surface area contributed by atoms with Crippen LogP contribution in [0.1, 0.15) is 37.3 Å². The summed E-state index contributed by atoms with van der Waals surface area (Å²) in [5, 5.41) is 0. The van der Waals surface area contributed by atoms with Crippen LogP contribution >= 0.6 is 0 Å². The average molecular weight is 287 g/mol. The molecule has 0 bridgehead atoms. The Bertz CT molecular complexity index is 436. The van der Waals surface area contributed by atoms with Gasteiger partial charge in [0.15, 0.2) is 0 Å². The number of hydrogen-bond acceptors (Lipinski definition) is 3. The van der Waals surface area contributed by atoms with Gasteiger partial charge in [-0.3, -0.25) is 4.90 Å². The van der Waals surface area contributed by atoms with E-state index in [0.29, 0.717) is 11.5 Å². The van der Waals surface area contributed by atoms with Gasteiger partial charge in [-0.25, -0.2) is 0 Å². The Morgan fingerprint density at radius 3 is 2.57 bits per heavy atom. The maximum absolute atomic E-state index is 6.03. The van der Waals surface area contributed by atoms with Gasteiger partial charge in [0.1, 0.15) is 0 Å². The van der Waals surface area contributed by atoms with Crippen LogP contribution in [0.4, 0.5) is 0 Å². The number of benzene rings is 1. The second-order valence-electron chi connectivity index (χ2n) is 7.03. The molecule has 1 aromatic rings. The molecule has 116 valence electrons. The molecule has 1 aliphatic carbocycles. The number of nitrogens with two attached hydrogens (primary N) is 1. The fourth-order valence-electron chi connectivity index (χ4n) is 3.83. The van der Waals surface area contributed by atoms with Crippen LogP contribution in [0, 0.1) is 5.41 Å². The summed E-state index contributed by atoms with van der Waals surface area (Å²) in [6, 6.07) is 11.5. The van der Waals surface area contributed by atoms with Gasteiger partial charge in [0.05, 0.1) is 0 Å². The molecule has 1 saturated carbocycles. The zero-order chi connectivity index (χ0) is 14.7. The molecule has 1 atom stereocenters. The van der Waals surface area contributed by atoms with Gasteiger partial charge in [0.25, 0.3) is 0 Å². The largest absolute Gasteiger partial charge is 0.330 e. The molecular formula is C18H29N3. The summed E-state index contributed by atoms with van der Waals surface area (Å²) in [7, 11) is 2.24. The van der Waals surface area contributed by atoms with Gasteiger partial charge in [-0.2, -0.15) is 0 Å². The summed E-state index contributed by atoms with van der Waals surface area (Å²) in [5.74, 6) is 0. The average Bonchev–Trinajstić information content (AvgIpc) is 2.49. The van der Waals surface area contributed by atoms with E-state index in [0.717, 1.165) is 13.1 Å². The SMILES string of the molecule is CN1CCN(CCC2(CN)CCC2)C(c2ccccc2)C1. The fourth-order valence-corrected chi connectivity index (χ4v) is 3.83. The minimum Gasteiger partial charge on any atom is -0.330 e. The van der Waals surface area contributed by atoms with Crippen molar-refractivity contribution in [2.24, 2.45) is 11.1 Å². The van der Waals surface area contributed by atoms with Crippen LogP contribution in [-0.2, 0) is 0 Å². The molecule has 0 radical (unpaired) electrons. The van der Waals surface area contributed by atoms with Crippen molar-refractivity contribution < 1.29 is 0 Å². The minimum atomic E-state index is 0.463. The van der Waals surface area contributed by atoms with Crippen LogP contribution in [0.2, 0.25) is 0 Å². The Labute approximate surface area is 129 Å². The lowest BCUT2D eigenvalue weighted by Crippen LogP contribution is -2.49. The highest BCUT2D eigenvalue weighted by molar-refractivity contribution is 5.20. The van der Waals surface area contributed by atoms with E-state index in [1.807, 2.05) is 0 Å². The number of hydrogen-bond donors (Lipinski definition) is 1. The molecule has 0 aromatic heterocycles. The van der Waals surface area contributed by atoms with Gasteiger partial charge in [-0.05, 0) is 50.4 Å². The predicted molar refractivity (Wildman–Crippen MR) is 88.2 cm³/mol. The predicted octanol–water partition coefficient (Wildman–Crippen LogP) is 2.49. The van der Waals surface area contributed by atoms with E-state index in [1.165, 1.54) is 50.9 Å². The van der Waals surface area contributed by atoms with Crippen molar-refractivity contribution >= 4 is 0 Å². The molecule has 3 heteroatoms. The Morgan fingerprint density at radius 2 is 1.95 bits per heavy atom. The lowest BCUT2D eigenvalue weighted by Gasteiger charge is -2.45. The summed E-state index contributed by atoms with van der Waals surface area (Å²) >= 11 is 0. The third-order valence-electron chi connectivity index (χ3n) is 5.66. The van der Waals surface area contributed by atoms with E-state index < -0.39 is 0 Å². The first kappa shape index (κ1) is 15.0. The Kier molecular flexibility index (Phi) is 4.63. The van der Waals surface area contributed by atoms with E-state index >= 15 is 0 Å². The van der Waals surface area contributed by atoms with Crippen LogP contribution in [0.5, 0.6) is 0 Å². The van der Waals surface area contributed by atoms with Crippen molar-refractivity contribution in [2.45, 2.75) is 31.7 Å². The van der Waals surface area contributed by atoms with Crippen LogP contribution < -0.4 is 5.73 Å². The van der Waals surface area contributed by atoms with Gasteiger partial charge < -0.3 is 10.6 Å². The van der Waals surface area contributed by atoms with Gasteiger partial charge in [-0.1, -0.05) is 36.8 Å². The Balaban J connectivity index is 1.66. The summed E-state index contributed by atoms with van der Waals surface area (Å²) in [6.07, 6.45) is 5.33. The monoisotopic (exact) mass is 287 g/mol. The molecule has 2 aliphatic rings. The van der Waals surface area contributed by atoms with Crippen molar-refractivity contribution in [1.29, 1.82) is 0 Å². The van der Waals surface area contributed by atoms with Gasteiger partial charge in [0, 0.05) is 25.7 Å². The summed E-state index contributed by atoms with van der Waals surface area (Å²) < 4.78 is 0. The van der Waals surface area contributed by atoms with Crippen molar-refractivity contribution in [3.63, 3.8) is 0 Å². The van der Waals surface area contributed by atoms with E-state index in [2.05, 4.69) is 47.2 Å². The smallest absolute Gasteiger partial charge is 0.0475 e. The highest BCUT2D eigenvalue weighted by atomic mass is 15.3. The maximum Gasteiger partial charge on any atom is 0.0475 e. The van der Waals surface area contributed by atoms with Gasteiger partial charge in [-0.15, -0.1) is 0 Å². The molecule has 0 amide bonds. The molecule has 3 nitrogen and oxygen atoms in total. The van der Waals surface area contributed by atoms with Crippen LogP contribution in [-0.4, -0.2) is 49.6 Å². The molecule has 2 N–H and O–H groups in total. The summed E-state index contributed by atoms with van der Waals surface area (Å²) in [6.45, 7) is 5.57. The number of nitrogens with zero attached hydrogens (tertiary/aromatic N) is 2. The molecule has 1 aliphatic heterocycles. The van der Waals surface area contributed by atoms with E-state index in [1.54, 1.807) is 0 Å². The molecule has 3 rings (SSSR count). The maximum atomic E-state index is 6.03. The van der Waals surface area contributed by atoms with Crippen LogP contribution in [0.25, 0.3) is 0 Å². The quantitative estimate of drug-likeness (QED) is 0.903. The molecule has 1 saturated heterocycles. The zero-order valence-electron chi connectivity index (χ0n) is 13.3. The normalized spacial score (nSPS) is 26.5. The van der Waals surface area contributed by atoms with E-state index in [-0.39, 0.29) is 0 Å². The van der Waals surface area contributed by atoms with Crippen LogP contribution in [0.15, 0.2) is 30.3 Å². The minimum absolute atomic E-state index is 0.463. The molecule has 1 aromatic carbocycles. The first-order valence-electron chi connectivity index (χ1n) is 8.40. The highest BCUT2D eigenvalue weighted by Crippen LogP contribution is 2.43. The topological polar surface area (TPSA) is 32.5 Å².